The molecule has 0 radical (unpaired) electrons. The number of hydrogen-bond donors (Lipinski definition) is 0. The summed E-state index contributed by atoms with van der Waals surface area (Å²) in [4.78, 5) is 9.39. The van der Waals surface area contributed by atoms with Crippen molar-refractivity contribution in [3.63, 3.8) is 0 Å². The van der Waals surface area contributed by atoms with Gasteiger partial charge in [-0.05, 0) is 30.7 Å². The number of alkyl halides is 1. The first-order chi connectivity index (χ1) is 8.24. The molecule has 0 aromatic carbocycles. The van der Waals surface area contributed by atoms with Crippen LogP contribution in [0.5, 0.6) is 0 Å². The number of halogens is 1. The Morgan fingerprint density at radius 3 is 2.53 bits per heavy atom. The minimum absolute atomic E-state index is 0.539. The van der Waals surface area contributed by atoms with Crippen LogP contribution in [0.3, 0.4) is 0 Å². The maximum Gasteiger partial charge on any atom is 0.131 e. The monoisotopic (exact) mass is 253 g/mol. The Labute approximate surface area is 108 Å². The highest BCUT2D eigenvalue weighted by Gasteiger charge is 2.18. The fourth-order valence-corrected chi connectivity index (χ4v) is 2.45. The molecule has 1 fully saturated rings. The lowest BCUT2D eigenvalue weighted by Crippen LogP contribution is -2.46. The number of likely N-dealkylation sites (N-methyl/N-ethyl adjacent to an activating group) is 1. The van der Waals surface area contributed by atoms with Crippen molar-refractivity contribution in [2.75, 3.05) is 37.6 Å². The summed E-state index contributed by atoms with van der Waals surface area (Å²) in [5, 5.41) is 0. The molecule has 17 heavy (non-hydrogen) atoms. The highest BCUT2D eigenvalue weighted by Crippen LogP contribution is 2.20. The van der Waals surface area contributed by atoms with Crippen LogP contribution in [-0.2, 0) is 5.88 Å². The van der Waals surface area contributed by atoms with E-state index in [0.29, 0.717) is 5.88 Å². The Bertz CT molecular complexity index is 373. The third-order valence-electron chi connectivity index (χ3n) is 3.38. The molecule has 0 amide bonds. The van der Waals surface area contributed by atoms with Gasteiger partial charge >= 0.3 is 0 Å². The number of aromatic nitrogens is 1. The van der Waals surface area contributed by atoms with E-state index in [0.717, 1.165) is 44.1 Å². The average Bonchev–Trinajstić information content (AvgIpc) is 2.39. The molecule has 2 heterocycles. The lowest BCUT2D eigenvalue weighted by molar-refractivity contribution is 0.270. The molecule has 4 heteroatoms. The lowest BCUT2D eigenvalue weighted by Gasteiger charge is -2.35. The number of pyridine rings is 1. The van der Waals surface area contributed by atoms with Crippen LogP contribution in [0.1, 0.15) is 18.1 Å². The van der Waals surface area contributed by atoms with Crippen molar-refractivity contribution < 1.29 is 0 Å². The van der Waals surface area contributed by atoms with Gasteiger partial charge in [0.05, 0.1) is 0 Å². The molecule has 94 valence electrons. The molecule has 0 atom stereocenters. The Morgan fingerprint density at radius 2 is 2.00 bits per heavy atom. The van der Waals surface area contributed by atoms with E-state index in [2.05, 4.69) is 34.7 Å². The van der Waals surface area contributed by atoms with Crippen molar-refractivity contribution in [3.05, 3.63) is 23.4 Å². The third kappa shape index (κ3) is 2.90. The molecule has 1 aromatic rings. The van der Waals surface area contributed by atoms with Gasteiger partial charge in [-0.15, -0.1) is 11.6 Å². The zero-order chi connectivity index (χ0) is 12.3. The summed E-state index contributed by atoms with van der Waals surface area (Å²) >= 11 is 5.81. The molecule has 0 bridgehead atoms. The fourth-order valence-electron chi connectivity index (χ4n) is 2.31. The van der Waals surface area contributed by atoms with Gasteiger partial charge in [0.25, 0.3) is 0 Å². The molecule has 3 nitrogen and oxygen atoms in total. The van der Waals surface area contributed by atoms with Gasteiger partial charge in [0.2, 0.25) is 0 Å². The summed E-state index contributed by atoms with van der Waals surface area (Å²) in [6.45, 7) is 9.89. The van der Waals surface area contributed by atoms with Crippen LogP contribution < -0.4 is 4.90 Å². The first-order valence-electron chi connectivity index (χ1n) is 6.23. The maximum atomic E-state index is 5.81. The highest BCUT2D eigenvalue weighted by atomic mass is 35.5. The predicted octanol–water partition coefficient (Wildman–Crippen LogP) is 2.27. The molecular weight excluding hydrogens is 234 g/mol. The fraction of sp³-hybridized carbons (Fsp3) is 0.615. The van der Waals surface area contributed by atoms with E-state index >= 15 is 0 Å². The minimum atomic E-state index is 0.539. The zero-order valence-electron chi connectivity index (χ0n) is 10.6. The summed E-state index contributed by atoms with van der Waals surface area (Å²) < 4.78 is 0. The van der Waals surface area contributed by atoms with Gasteiger partial charge in [0.1, 0.15) is 5.82 Å². The first kappa shape index (κ1) is 12.7. The van der Waals surface area contributed by atoms with E-state index in [1.807, 2.05) is 6.20 Å². The van der Waals surface area contributed by atoms with Crippen molar-refractivity contribution in [1.29, 1.82) is 0 Å². The van der Waals surface area contributed by atoms with E-state index in [-0.39, 0.29) is 0 Å². The van der Waals surface area contributed by atoms with Crippen LogP contribution >= 0.6 is 11.6 Å². The van der Waals surface area contributed by atoms with Crippen LogP contribution in [0.25, 0.3) is 0 Å². The standard InChI is InChI=1S/C13H20ClN3/c1-3-16-4-6-17(7-5-16)13-11(2)8-12(9-14)10-15-13/h8,10H,3-7,9H2,1-2H3. The second-order valence-electron chi connectivity index (χ2n) is 4.54. The molecule has 0 aliphatic carbocycles. The topological polar surface area (TPSA) is 19.4 Å². The van der Waals surface area contributed by atoms with Crippen LogP contribution in [0.2, 0.25) is 0 Å². The molecule has 0 unspecified atom stereocenters. The van der Waals surface area contributed by atoms with Gasteiger partial charge in [-0.25, -0.2) is 4.98 Å². The minimum Gasteiger partial charge on any atom is -0.354 e. The number of hydrogen-bond acceptors (Lipinski definition) is 3. The van der Waals surface area contributed by atoms with E-state index in [1.54, 1.807) is 0 Å². The number of rotatable bonds is 3. The largest absolute Gasteiger partial charge is 0.354 e. The molecule has 1 aliphatic heterocycles. The van der Waals surface area contributed by atoms with Gasteiger partial charge in [-0.2, -0.15) is 0 Å². The summed E-state index contributed by atoms with van der Waals surface area (Å²) in [6, 6.07) is 2.14. The summed E-state index contributed by atoms with van der Waals surface area (Å²) in [5.41, 5.74) is 2.33. The average molecular weight is 254 g/mol. The molecule has 0 spiro atoms. The van der Waals surface area contributed by atoms with E-state index < -0.39 is 0 Å². The quantitative estimate of drug-likeness (QED) is 0.771. The van der Waals surface area contributed by atoms with Crippen LogP contribution in [-0.4, -0.2) is 42.6 Å². The lowest BCUT2D eigenvalue weighted by atomic mass is 10.2. The van der Waals surface area contributed by atoms with E-state index in [1.165, 1.54) is 5.56 Å². The molecule has 1 aliphatic rings. The molecule has 1 saturated heterocycles. The maximum absolute atomic E-state index is 5.81. The molecule has 2 rings (SSSR count). The second-order valence-corrected chi connectivity index (χ2v) is 4.81. The van der Waals surface area contributed by atoms with Gasteiger partial charge < -0.3 is 9.80 Å². The highest BCUT2D eigenvalue weighted by molar-refractivity contribution is 6.17. The molecule has 0 saturated carbocycles. The Kier molecular flexibility index (Phi) is 4.24. The van der Waals surface area contributed by atoms with Gasteiger partial charge in [-0.1, -0.05) is 6.92 Å². The van der Waals surface area contributed by atoms with Crippen molar-refractivity contribution in [2.45, 2.75) is 19.7 Å². The number of anilines is 1. The van der Waals surface area contributed by atoms with Gasteiger partial charge in [0, 0.05) is 38.3 Å². The van der Waals surface area contributed by atoms with E-state index in [4.69, 9.17) is 11.6 Å². The second kappa shape index (κ2) is 5.69. The summed E-state index contributed by atoms with van der Waals surface area (Å²) in [7, 11) is 0. The zero-order valence-corrected chi connectivity index (χ0v) is 11.4. The Hall–Kier alpha value is -0.800. The number of aryl methyl sites for hydroxylation is 1. The van der Waals surface area contributed by atoms with Gasteiger partial charge in [-0.3, -0.25) is 0 Å². The number of piperazine rings is 1. The third-order valence-corrected chi connectivity index (χ3v) is 3.69. The predicted molar refractivity (Wildman–Crippen MR) is 72.9 cm³/mol. The van der Waals surface area contributed by atoms with Crippen molar-refractivity contribution in [1.82, 2.24) is 9.88 Å². The Morgan fingerprint density at radius 1 is 1.29 bits per heavy atom. The first-order valence-corrected chi connectivity index (χ1v) is 6.77. The van der Waals surface area contributed by atoms with Crippen molar-refractivity contribution in [2.24, 2.45) is 0 Å². The van der Waals surface area contributed by atoms with Crippen molar-refractivity contribution >= 4 is 17.4 Å². The summed E-state index contributed by atoms with van der Waals surface area (Å²) in [5.74, 6) is 1.66. The molecule has 1 aromatic heterocycles. The number of nitrogens with zero attached hydrogens (tertiary/aromatic N) is 3. The SMILES string of the molecule is CCN1CCN(c2ncc(CCl)cc2C)CC1. The van der Waals surface area contributed by atoms with Crippen molar-refractivity contribution in [3.8, 4) is 0 Å². The molecule has 0 N–H and O–H groups in total. The van der Waals surface area contributed by atoms with Crippen LogP contribution in [0.4, 0.5) is 5.82 Å². The van der Waals surface area contributed by atoms with Gasteiger partial charge in [0.15, 0.2) is 0 Å². The normalized spacial score (nSPS) is 17.5. The summed E-state index contributed by atoms with van der Waals surface area (Å²) in [6.07, 6.45) is 1.89. The van der Waals surface area contributed by atoms with Crippen LogP contribution in [0, 0.1) is 6.92 Å². The van der Waals surface area contributed by atoms with Crippen LogP contribution in [0.15, 0.2) is 12.3 Å². The van der Waals surface area contributed by atoms with E-state index in [9.17, 15) is 0 Å². The Balaban J connectivity index is 2.08. The smallest absolute Gasteiger partial charge is 0.131 e. The molecular formula is C13H20ClN3.